The van der Waals surface area contributed by atoms with E-state index in [-0.39, 0.29) is 0 Å². The third kappa shape index (κ3) is 3.42. The predicted octanol–water partition coefficient (Wildman–Crippen LogP) is 2.13. The molecule has 0 amide bonds. The first kappa shape index (κ1) is 16.8. The van der Waals surface area contributed by atoms with Gasteiger partial charge in [-0.25, -0.2) is 0 Å². The molecule has 122 valence electrons. The molecule has 0 aromatic heterocycles. The van der Waals surface area contributed by atoms with Crippen LogP contribution in [0.2, 0.25) is 0 Å². The standard InChI is InChI=1S/C17H25NO4/c1-3-8-17(16(20)21)9-10-18(12-15(17)19)11-13-4-6-14(22-2)7-5-13/h4-7,15,19H,3,8-12H2,1-2H3,(H,20,21)/t15?,17-/m0/s1. The normalized spacial score (nSPS) is 25.9. The highest BCUT2D eigenvalue weighted by Gasteiger charge is 2.47. The van der Waals surface area contributed by atoms with E-state index in [2.05, 4.69) is 4.90 Å². The molecule has 1 aromatic rings. The summed E-state index contributed by atoms with van der Waals surface area (Å²) in [6, 6.07) is 7.81. The van der Waals surface area contributed by atoms with Crippen LogP contribution in [0.1, 0.15) is 31.7 Å². The number of nitrogens with zero attached hydrogens (tertiary/aromatic N) is 1. The smallest absolute Gasteiger partial charge is 0.312 e. The second-order valence-electron chi connectivity index (χ2n) is 6.06. The van der Waals surface area contributed by atoms with E-state index in [1.54, 1.807) is 7.11 Å². The molecule has 2 N–H and O–H groups in total. The molecule has 5 heteroatoms. The molecule has 1 aliphatic heterocycles. The Morgan fingerprint density at radius 1 is 1.41 bits per heavy atom. The number of carbonyl (C=O) groups is 1. The molecule has 1 unspecified atom stereocenters. The Balaban J connectivity index is 2.01. The average Bonchev–Trinajstić information content (AvgIpc) is 2.51. The van der Waals surface area contributed by atoms with E-state index in [0.717, 1.165) is 17.7 Å². The zero-order valence-electron chi connectivity index (χ0n) is 13.3. The fourth-order valence-electron chi connectivity index (χ4n) is 3.26. The SMILES string of the molecule is CCC[C@]1(C(=O)O)CCN(Cc2ccc(OC)cc2)CC1O. The van der Waals surface area contributed by atoms with Crippen molar-refractivity contribution in [1.29, 1.82) is 0 Å². The van der Waals surface area contributed by atoms with Crippen LogP contribution in [0.15, 0.2) is 24.3 Å². The molecule has 0 spiro atoms. The molecule has 1 aliphatic rings. The van der Waals surface area contributed by atoms with Gasteiger partial charge in [-0.15, -0.1) is 0 Å². The van der Waals surface area contributed by atoms with Gasteiger partial charge in [-0.3, -0.25) is 9.69 Å². The van der Waals surface area contributed by atoms with Crippen LogP contribution < -0.4 is 4.74 Å². The molecular formula is C17H25NO4. The fraction of sp³-hybridized carbons (Fsp3) is 0.588. The summed E-state index contributed by atoms with van der Waals surface area (Å²) in [5, 5.41) is 19.9. The van der Waals surface area contributed by atoms with Crippen molar-refractivity contribution < 1.29 is 19.7 Å². The second-order valence-corrected chi connectivity index (χ2v) is 6.06. The lowest BCUT2D eigenvalue weighted by Crippen LogP contribution is -2.54. The number of aliphatic hydroxyl groups is 1. The lowest BCUT2D eigenvalue weighted by molar-refractivity contribution is -0.164. The number of β-amino-alcohol motifs (C(OH)–C–C–N with tert-alkyl or cyclic N) is 1. The summed E-state index contributed by atoms with van der Waals surface area (Å²) >= 11 is 0. The van der Waals surface area contributed by atoms with Crippen LogP contribution in [0, 0.1) is 5.41 Å². The van der Waals surface area contributed by atoms with Gasteiger partial charge >= 0.3 is 5.97 Å². The average molecular weight is 307 g/mol. The van der Waals surface area contributed by atoms with Gasteiger partial charge in [0.15, 0.2) is 0 Å². The summed E-state index contributed by atoms with van der Waals surface area (Å²) in [7, 11) is 1.63. The second kappa shape index (κ2) is 7.11. The molecule has 2 atom stereocenters. The molecule has 1 fully saturated rings. The third-order valence-corrected chi connectivity index (χ3v) is 4.63. The maximum Gasteiger partial charge on any atom is 0.312 e. The van der Waals surface area contributed by atoms with E-state index in [0.29, 0.717) is 32.5 Å². The van der Waals surface area contributed by atoms with Crippen LogP contribution in [-0.4, -0.2) is 47.4 Å². The lowest BCUT2D eigenvalue weighted by atomic mass is 9.73. The number of carboxylic acid groups (broad SMARTS) is 1. The number of hydrogen-bond donors (Lipinski definition) is 2. The molecule has 1 heterocycles. The summed E-state index contributed by atoms with van der Waals surface area (Å²) in [5.74, 6) is -0.0544. The van der Waals surface area contributed by atoms with E-state index in [4.69, 9.17) is 4.74 Å². The van der Waals surface area contributed by atoms with Crippen LogP contribution in [-0.2, 0) is 11.3 Å². The van der Waals surface area contributed by atoms with Gasteiger partial charge in [-0.05, 0) is 37.1 Å². The van der Waals surface area contributed by atoms with Crippen molar-refractivity contribution in [2.45, 2.75) is 38.8 Å². The molecule has 0 aliphatic carbocycles. The van der Waals surface area contributed by atoms with Crippen LogP contribution in [0.3, 0.4) is 0 Å². The van der Waals surface area contributed by atoms with Crippen molar-refractivity contribution in [2.24, 2.45) is 5.41 Å². The Morgan fingerprint density at radius 2 is 2.09 bits per heavy atom. The minimum Gasteiger partial charge on any atom is -0.497 e. The third-order valence-electron chi connectivity index (χ3n) is 4.63. The van der Waals surface area contributed by atoms with Crippen LogP contribution >= 0.6 is 0 Å². The van der Waals surface area contributed by atoms with Crippen molar-refractivity contribution in [3.63, 3.8) is 0 Å². The van der Waals surface area contributed by atoms with Crippen LogP contribution in [0.5, 0.6) is 5.75 Å². The molecule has 0 bridgehead atoms. The van der Waals surface area contributed by atoms with Crippen molar-refractivity contribution in [1.82, 2.24) is 4.90 Å². The molecule has 22 heavy (non-hydrogen) atoms. The summed E-state index contributed by atoms with van der Waals surface area (Å²) < 4.78 is 5.14. The first-order valence-corrected chi connectivity index (χ1v) is 7.78. The quantitative estimate of drug-likeness (QED) is 0.842. The monoisotopic (exact) mass is 307 g/mol. The predicted molar refractivity (Wildman–Crippen MR) is 83.9 cm³/mol. The summed E-state index contributed by atoms with van der Waals surface area (Å²) in [6.07, 6.45) is 0.965. The number of carboxylic acids is 1. The van der Waals surface area contributed by atoms with Gasteiger partial charge in [-0.1, -0.05) is 25.5 Å². The molecule has 2 rings (SSSR count). The molecule has 1 saturated heterocycles. The summed E-state index contributed by atoms with van der Waals surface area (Å²) in [4.78, 5) is 13.7. The Hall–Kier alpha value is -1.59. The minimum absolute atomic E-state index is 0.401. The Bertz CT molecular complexity index is 502. The van der Waals surface area contributed by atoms with Gasteiger partial charge in [0.05, 0.1) is 18.6 Å². The molecule has 5 nitrogen and oxygen atoms in total. The maximum absolute atomic E-state index is 11.6. The Kier molecular flexibility index (Phi) is 5.42. The van der Waals surface area contributed by atoms with Crippen molar-refractivity contribution in [3.05, 3.63) is 29.8 Å². The minimum atomic E-state index is -0.981. The number of aliphatic carboxylic acids is 1. The van der Waals surface area contributed by atoms with E-state index >= 15 is 0 Å². The molecule has 0 radical (unpaired) electrons. The van der Waals surface area contributed by atoms with E-state index < -0.39 is 17.5 Å². The van der Waals surface area contributed by atoms with E-state index in [1.807, 2.05) is 31.2 Å². The topological polar surface area (TPSA) is 70.0 Å². The van der Waals surface area contributed by atoms with Gasteiger partial charge in [0.1, 0.15) is 5.75 Å². The highest BCUT2D eigenvalue weighted by atomic mass is 16.5. The summed E-state index contributed by atoms with van der Waals surface area (Å²) in [6.45, 7) is 3.76. The number of piperidine rings is 1. The molecule has 0 saturated carbocycles. The van der Waals surface area contributed by atoms with Gasteiger partial charge in [0.25, 0.3) is 0 Å². The number of methoxy groups -OCH3 is 1. The highest BCUT2D eigenvalue weighted by Crippen LogP contribution is 2.37. The van der Waals surface area contributed by atoms with Crippen molar-refractivity contribution in [2.75, 3.05) is 20.2 Å². The van der Waals surface area contributed by atoms with Crippen LogP contribution in [0.25, 0.3) is 0 Å². The Morgan fingerprint density at radius 3 is 2.59 bits per heavy atom. The van der Waals surface area contributed by atoms with Gasteiger partial charge in [0, 0.05) is 13.1 Å². The zero-order chi connectivity index (χ0) is 16.2. The van der Waals surface area contributed by atoms with Gasteiger partial charge in [-0.2, -0.15) is 0 Å². The summed E-state index contributed by atoms with van der Waals surface area (Å²) in [5.41, 5.74) is 0.150. The molecule has 1 aromatic carbocycles. The number of hydrogen-bond acceptors (Lipinski definition) is 4. The van der Waals surface area contributed by atoms with Crippen molar-refractivity contribution in [3.8, 4) is 5.75 Å². The van der Waals surface area contributed by atoms with Crippen molar-refractivity contribution >= 4 is 5.97 Å². The first-order chi connectivity index (χ1) is 10.5. The van der Waals surface area contributed by atoms with Gasteiger partial charge < -0.3 is 14.9 Å². The maximum atomic E-state index is 11.6. The fourth-order valence-corrected chi connectivity index (χ4v) is 3.26. The largest absolute Gasteiger partial charge is 0.497 e. The van der Waals surface area contributed by atoms with Crippen LogP contribution in [0.4, 0.5) is 0 Å². The molecular weight excluding hydrogens is 282 g/mol. The number of aliphatic hydroxyl groups excluding tert-OH is 1. The number of likely N-dealkylation sites (tertiary alicyclic amines) is 1. The first-order valence-electron chi connectivity index (χ1n) is 7.78. The highest BCUT2D eigenvalue weighted by molar-refractivity contribution is 5.75. The number of benzene rings is 1. The number of ether oxygens (including phenoxy) is 1. The zero-order valence-corrected chi connectivity index (χ0v) is 13.3. The van der Waals surface area contributed by atoms with Gasteiger partial charge in [0.2, 0.25) is 0 Å². The number of rotatable bonds is 6. The Labute approximate surface area is 131 Å². The lowest BCUT2D eigenvalue weighted by Gasteiger charge is -2.42. The van der Waals surface area contributed by atoms with E-state index in [9.17, 15) is 15.0 Å². The van der Waals surface area contributed by atoms with E-state index in [1.165, 1.54) is 0 Å².